The van der Waals surface area contributed by atoms with Gasteiger partial charge in [-0.25, -0.2) is 9.78 Å². The zero-order valence-corrected chi connectivity index (χ0v) is 16.1. The Morgan fingerprint density at radius 1 is 1.17 bits per heavy atom. The van der Waals surface area contributed by atoms with E-state index < -0.39 is 0 Å². The first-order valence-electron chi connectivity index (χ1n) is 9.44. The first kappa shape index (κ1) is 18.7. The minimum absolute atomic E-state index is 0.102. The molecule has 0 saturated carbocycles. The quantitative estimate of drug-likeness (QED) is 0.297. The van der Waals surface area contributed by atoms with Gasteiger partial charge in [-0.3, -0.25) is 4.79 Å². The molecule has 29 heavy (non-hydrogen) atoms. The van der Waals surface area contributed by atoms with Crippen LogP contribution in [0, 0.1) is 6.92 Å². The lowest BCUT2D eigenvalue weighted by atomic mass is 10.0. The van der Waals surface area contributed by atoms with Crippen molar-refractivity contribution in [1.29, 1.82) is 0 Å². The first-order chi connectivity index (χ1) is 14.1. The third-order valence-corrected chi connectivity index (χ3v) is 4.82. The number of carbonyl (C=O) groups excluding carboxylic acids is 1. The van der Waals surface area contributed by atoms with Gasteiger partial charge < -0.3 is 19.0 Å². The van der Waals surface area contributed by atoms with Crippen molar-refractivity contribution in [3.8, 4) is 5.75 Å². The average Bonchev–Trinajstić information content (AvgIpc) is 3.25. The Morgan fingerprint density at radius 3 is 2.79 bits per heavy atom. The van der Waals surface area contributed by atoms with Crippen LogP contribution in [0.15, 0.2) is 64.3 Å². The summed E-state index contributed by atoms with van der Waals surface area (Å²) in [6, 6.07) is 11.0. The number of imidazole rings is 1. The van der Waals surface area contributed by atoms with Gasteiger partial charge in [-0.1, -0.05) is 18.2 Å². The number of nitrogens with one attached hydrogen (secondary N) is 1. The van der Waals surface area contributed by atoms with E-state index in [0.29, 0.717) is 28.8 Å². The van der Waals surface area contributed by atoms with Gasteiger partial charge >= 0.3 is 5.63 Å². The molecule has 148 valence electrons. The monoisotopic (exact) mass is 391 g/mol. The maximum Gasteiger partial charge on any atom is 0.344 e. The lowest BCUT2D eigenvalue weighted by Crippen LogP contribution is -2.30. The van der Waals surface area contributed by atoms with E-state index in [2.05, 4.69) is 10.3 Å². The Balaban J connectivity index is 1.41. The van der Waals surface area contributed by atoms with Crippen LogP contribution in [-0.4, -0.2) is 28.6 Å². The van der Waals surface area contributed by atoms with Crippen molar-refractivity contribution in [2.24, 2.45) is 0 Å². The summed E-state index contributed by atoms with van der Waals surface area (Å²) in [6.07, 6.45) is 6.16. The Hall–Kier alpha value is -3.61. The summed E-state index contributed by atoms with van der Waals surface area (Å²) in [5.74, 6) is 0.319. The molecule has 2 aromatic heterocycles. The van der Waals surface area contributed by atoms with Crippen LogP contribution in [0.3, 0.4) is 0 Å². The second kappa shape index (κ2) is 8.18. The Labute approximate surface area is 166 Å². The number of fused-ring (bicyclic) bond motifs is 3. The molecular formula is C22H21N3O4. The molecule has 2 aromatic carbocycles. The van der Waals surface area contributed by atoms with Crippen molar-refractivity contribution < 1.29 is 13.9 Å². The molecule has 1 amide bonds. The van der Waals surface area contributed by atoms with Gasteiger partial charge in [0, 0.05) is 36.4 Å². The van der Waals surface area contributed by atoms with E-state index in [0.717, 1.165) is 23.7 Å². The number of ether oxygens (including phenoxy) is 1. The fourth-order valence-corrected chi connectivity index (χ4v) is 3.32. The maximum absolute atomic E-state index is 12.3. The van der Waals surface area contributed by atoms with E-state index in [1.54, 1.807) is 24.7 Å². The third kappa shape index (κ3) is 3.99. The van der Waals surface area contributed by atoms with Gasteiger partial charge in [-0.2, -0.15) is 0 Å². The second-order valence-corrected chi connectivity index (χ2v) is 6.79. The number of amides is 1. The molecule has 0 spiro atoms. The van der Waals surface area contributed by atoms with Crippen molar-refractivity contribution in [2.75, 3.05) is 13.2 Å². The number of nitrogens with zero attached hydrogens (tertiary/aromatic N) is 2. The zero-order valence-electron chi connectivity index (χ0n) is 16.1. The standard InChI is InChI=1S/C22H21N3O4/c1-15-19(28-13-20(26)24-9-4-11-25-12-10-23-14-25)8-7-17-16-5-2-3-6-18(16)22(27)29-21(15)17/h2-3,5-8,10,12,14H,4,9,11,13H2,1H3,(H,24,26). The molecule has 0 aliphatic rings. The van der Waals surface area contributed by atoms with E-state index in [1.165, 1.54) is 0 Å². The minimum atomic E-state index is -0.385. The third-order valence-electron chi connectivity index (χ3n) is 4.82. The van der Waals surface area contributed by atoms with Crippen LogP contribution >= 0.6 is 0 Å². The number of aromatic nitrogens is 2. The Morgan fingerprint density at radius 2 is 2.00 bits per heavy atom. The predicted molar refractivity (Wildman–Crippen MR) is 110 cm³/mol. The molecule has 2 heterocycles. The average molecular weight is 391 g/mol. The lowest BCUT2D eigenvalue weighted by molar-refractivity contribution is -0.123. The van der Waals surface area contributed by atoms with Crippen LogP contribution in [-0.2, 0) is 11.3 Å². The molecule has 1 N–H and O–H groups in total. The van der Waals surface area contributed by atoms with E-state index in [-0.39, 0.29) is 18.1 Å². The smallest absolute Gasteiger partial charge is 0.344 e. The number of carbonyl (C=O) groups is 1. The Kier molecular flexibility index (Phi) is 5.29. The largest absolute Gasteiger partial charge is 0.483 e. The van der Waals surface area contributed by atoms with Crippen LogP contribution in [0.2, 0.25) is 0 Å². The molecule has 4 rings (SSSR count). The molecule has 0 fully saturated rings. The second-order valence-electron chi connectivity index (χ2n) is 6.79. The van der Waals surface area contributed by atoms with E-state index in [9.17, 15) is 9.59 Å². The van der Waals surface area contributed by atoms with Gasteiger partial charge in [-0.05, 0) is 36.9 Å². The highest BCUT2D eigenvalue weighted by Gasteiger charge is 2.13. The van der Waals surface area contributed by atoms with Gasteiger partial charge in [0.2, 0.25) is 0 Å². The van der Waals surface area contributed by atoms with Crippen LogP contribution in [0.25, 0.3) is 21.7 Å². The summed E-state index contributed by atoms with van der Waals surface area (Å²) < 4.78 is 13.2. The molecule has 7 heteroatoms. The molecule has 0 bridgehead atoms. The molecule has 7 nitrogen and oxygen atoms in total. The van der Waals surface area contributed by atoms with Crippen LogP contribution in [0.5, 0.6) is 5.75 Å². The molecule has 0 atom stereocenters. The first-order valence-corrected chi connectivity index (χ1v) is 9.44. The molecule has 0 aliphatic heterocycles. The minimum Gasteiger partial charge on any atom is -0.483 e. The summed E-state index contributed by atoms with van der Waals surface area (Å²) in [6.45, 7) is 3.06. The van der Waals surface area contributed by atoms with Gasteiger partial charge in [-0.15, -0.1) is 0 Å². The number of rotatable bonds is 7. The summed E-state index contributed by atoms with van der Waals surface area (Å²) in [5.41, 5.74) is 0.786. The topological polar surface area (TPSA) is 86.4 Å². The van der Waals surface area contributed by atoms with Crippen LogP contribution in [0.1, 0.15) is 12.0 Å². The van der Waals surface area contributed by atoms with Crippen molar-refractivity contribution in [3.63, 3.8) is 0 Å². The molecule has 0 unspecified atom stereocenters. The van der Waals surface area contributed by atoms with E-state index >= 15 is 0 Å². The fraction of sp³-hybridized carbons (Fsp3) is 0.227. The van der Waals surface area contributed by atoms with E-state index in [4.69, 9.17) is 9.15 Å². The highest BCUT2D eigenvalue weighted by Crippen LogP contribution is 2.30. The van der Waals surface area contributed by atoms with E-state index in [1.807, 2.05) is 42.0 Å². The number of benzene rings is 2. The van der Waals surface area contributed by atoms with Crippen LogP contribution in [0.4, 0.5) is 0 Å². The summed E-state index contributed by atoms with van der Waals surface area (Å²) in [5, 5.41) is 5.06. The zero-order chi connectivity index (χ0) is 20.2. The Bertz CT molecular complexity index is 1210. The molecule has 4 aromatic rings. The summed E-state index contributed by atoms with van der Waals surface area (Å²) in [4.78, 5) is 28.3. The van der Waals surface area contributed by atoms with Crippen LogP contribution < -0.4 is 15.7 Å². The predicted octanol–water partition coefficient (Wildman–Crippen LogP) is 3.04. The fourth-order valence-electron chi connectivity index (χ4n) is 3.32. The van der Waals surface area contributed by atoms with Gasteiger partial charge in [0.25, 0.3) is 5.91 Å². The van der Waals surface area contributed by atoms with Gasteiger partial charge in [0.1, 0.15) is 11.3 Å². The normalized spacial score (nSPS) is 11.1. The molecular weight excluding hydrogens is 370 g/mol. The molecule has 0 saturated heterocycles. The molecule has 0 aliphatic carbocycles. The van der Waals surface area contributed by atoms with Gasteiger partial charge in [0.15, 0.2) is 6.61 Å². The summed E-state index contributed by atoms with van der Waals surface area (Å²) >= 11 is 0. The molecule has 0 radical (unpaired) electrons. The SMILES string of the molecule is Cc1c(OCC(=O)NCCCn2ccnc2)ccc2c1oc(=O)c1ccccc12. The maximum atomic E-state index is 12.3. The number of hydrogen-bond acceptors (Lipinski definition) is 5. The highest BCUT2D eigenvalue weighted by molar-refractivity contribution is 6.05. The lowest BCUT2D eigenvalue weighted by Gasteiger charge is -2.12. The highest BCUT2D eigenvalue weighted by atomic mass is 16.5. The summed E-state index contributed by atoms with van der Waals surface area (Å²) in [7, 11) is 0. The van der Waals surface area contributed by atoms with Crippen molar-refractivity contribution in [1.82, 2.24) is 14.9 Å². The van der Waals surface area contributed by atoms with Gasteiger partial charge in [0.05, 0.1) is 11.7 Å². The number of hydrogen-bond donors (Lipinski definition) is 1. The van der Waals surface area contributed by atoms with Crippen molar-refractivity contribution in [3.05, 3.63) is 71.1 Å². The number of aryl methyl sites for hydroxylation is 2. The van der Waals surface area contributed by atoms with Crippen molar-refractivity contribution in [2.45, 2.75) is 19.9 Å². The van der Waals surface area contributed by atoms with Crippen molar-refractivity contribution >= 4 is 27.6 Å².